The average Bonchev–Trinajstić information content (AvgIpc) is 3.47. The number of rotatable bonds is 5. The molecule has 11 heteroatoms. The summed E-state index contributed by atoms with van der Waals surface area (Å²) in [5, 5.41) is 2.03. The van der Waals surface area contributed by atoms with Gasteiger partial charge in [-0.15, -0.1) is 6.58 Å². The summed E-state index contributed by atoms with van der Waals surface area (Å²) in [5.74, 6) is 0.742. The summed E-state index contributed by atoms with van der Waals surface area (Å²) in [5.41, 5.74) is -1.57. The lowest BCUT2D eigenvalue weighted by Crippen LogP contribution is -2.27. The van der Waals surface area contributed by atoms with Gasteiger partial charge in [0.1, 0.15) is 5.84 Å². The number of hydrogen-bond acceptors (Lipinski definition) is 4. The number of nitrogens with zero attached hydrogens (tertiary/aromatic N) is 3. The molecular formula is C27H25F6N3OS. The Hall–Kier alpha value is -3.34. The van der Waals surface area contributed by atoms with Crippen LogP contribution in [0.25, 0.3) is 12.2 Å². The van der Waals surface area contributed by atoms with E-state index in [4.69, 9.17) is 0 Å². The Morgan fingerprint density at radius 2 is 1.82 bits per heavy atom. The van der Waals surface area contributed by atoms with Crippen LogP contribution in [-0.2, 0) is 18.8 Å². The first kappa shape index (κ1) is 29.2. The molecule has 0 bridgehead atoms. The van der Waals surface area contributed by atoms with E-state index in [0.717, 1.165) is 52.5 Å². The number of benzene rings is 2. The van der Waals surface area contributed by atoms with Crippen molar-refractivity contribution in [3.8, 4) is 0 Å². The van der Waals surface area contributed by atoms with E-state index >= 15 is 0 Å². The minimum atomic E-state index is -4.76. The van der Waals surface area contributed by atoms with Crippen LogP contribution in [0.1, 0.15) is 35.6 Å². The first-order valence-electron chi connectivity index (χ1n) is 11.6. The van der Waals surface area contributed by atoms with E-state index in [0.29, 0.717) is 6.07 Å². The number of hydrogen-bond donors (Lipinski definition) is 0. The maximum absolute atomic E-state index is 12.4. The number of alkyl halides is 6. The van der Waals surface area contributed by atoms with Crippen molar-refractivity contribution in [1.82, 2.24) is 4.90 Å². The predicted molar refractivity (Wildman–Crippen MR) is 138 cm³/mol. The van der Waals surface area contributed by atoms with Crippen molar-refractivity contribution in [3.63, 3.8) is 0 Å². The lowest BCUT2D eigenvalue weighted by Gasteiger charge is -2.18. The summed E-state index contributed by atoms with van der Waals surface area (Å²) in [7, 11) is 1.95. The molecule has 2 aliphatic heterocycles. The highest BCUT2D eigenvalue weighted by molar-refractivity contribution is 8.18. The normalized spacial score (nSPS) is 15.7. The Bertz CT molecular complexity index is 1390. The highest BCUT2D eigenvalue weighted by Crippen LogP contribution is 2.37. The predicted octanol–water partition coefficient (Wildman–Crippen LogP) is 6.50. The van der Waals surface area contributed by atoms with Crippen molar-refractivity contribution in [2.75, 3.05) is 20.1 Å². The van der Waals surface area contributed by atoms with Crippen LogP contribution in [0.5, 0.6) is 0 Å². The third kappa shape index (κ3) is 7.37. The molecule has 0 spiro atoms. The second-order valence-electron chi connectivity index (χ2n) is 8.39. The van der Waals surface area contributed by atoms with E-state index in [2.05, 4.69) is 28.7 Å². The van der Waals surface area contributed by atoms with Crippen LogP contribution >= 0.6 is 11.8 Å². The van der Waals surface area contributed by atoms with Gasteiger partial charge in [-0.2, -0.15) is 31.3 Å². The molecule has 0 saturated carbocycles. The molecule has 0 radical (unpaired) electrons. The van der Waals surface area contributed by atoms with Gasteiger partial charge in [0.25, 0.3) is 0 Å². The molecule has 2 aliphatic rings. The molecule has 1 amide bonds. The maximum Gasteiger partial charge on any atom is 0.416 e. The fourth-order valence-electron chi connectivity index (χ4n) is 3.75. The SMILES string of the molecule is C=CCCN(C)C1=NC(=O)S/C1=C\c1ccc2c(c1)=CCN=2.CCc1ccc(C(F)(F)F)cc1C(F)(F)F. The summed E-state index contributed by atoms with van der Waals surface area (Å²) in [6, 6.07) is 7.83. The third-order valence-corrected chi connectivity index (χ3v) is 6.48. The van der Waals surface area contributed by atoms with Crippen LogP contribution in [0.2, 0.25) is 0 Å². The Morgan fingerprint density at radius 3 is 2.45 bits per heavy atom. The number of aliphatic imine (C=N–C) groups is 1. The summed E-state index contributed by atoms with van der Waals surface area (Å²) >= 11 is 1.18. The molecule has 2 heterocycles. The van der Waals surface area contributed by atoms with Gasteiger partial charge < -0.3 is 4.90 Å². The van der Waals surface area contributed by atoms with Gasteiger partial charge >= 0.3 is 17.6 Å². The number of fused-ring (bicyclic) bond motifs is 1. The van der Waals surface area contributed by atoms with Crippen molar-refractivity contribution in [1.29, 1.82) is 0 Å². The molecule has 0 saturated heterocycles. The minimum Gasteiger partial charge on any atom is -0.358 e. The smallest absolute Gasteiger partial charge is 0.358 e. The van der Waals surface area contributed by atoms with Gasteiger partial charge in [0.05, 0.1) is 27.9 Å². The van der Waals surface area contributed by atoms with Gasteiger partial charge in [-0.25, -0.2) is 0 Å². The molecule has 38 heavy (non-hydrogen) atoms. The van der Waals surface area contributed by atoms with Crippen molar-refractivity contribution in [2.24, 2.45) is 9.98 Å². The Morgan fingerprint density at radius 1 is 1.08 bits per heavy atom. The molecule has 0 fully saturated rings. The molecule has 2 aromatic carbocycles. The molecule has 0 unspecified atom stereocenters. The van der Waals surface area contributed by atoms with E-state index in [1.165, 1.54) is 18.7 Å². The average molecular weight is 554 g/mol. The Kier molecular flexibility index (Phi) is 9.24. The number of carbonyl (C=O) groups is 1. The molecular weight excluding hydrogens is 528 g/mol. The number of aryl methyl sites for hydroxylation is 1. The number of thioether (sulfide) groups is 1. The Balaban J connectivity index is 0.000000223. The highest BCUT2D eigenvalue weighted by atomic mass is 32.2. The van der Waals surface area contributed by atoms with Gasteiger partial charge in [-0.1, -0.05) is 31.2 Å². The zero-order chi connectivity index (χ0) is 28.1. The fraction of sp³-hybridized carbons (Fsp3) is 0.296. The molecule has 4 nitrogen and oxygen atoms in total. The van der Waals surface area contributed by atoms with Crippen LogP contribution in [0.15, 0.2) is 63.9 Å². The van der Waals surface area contributed by atoms with Gasteiger partial charge in [-0.3, -0.25) is 9.79 Å². The van der Waals surface area contributed by atoms with E-state index in [1.54, 1.807) is 0 Å². The van der Waals surface area contributed by atoms with Gasteiger partial charge in [-0.05, 0) is 71.3 Å². The summed E-state index contributed by atoms with van der Waals surface area (Å²) in [6.07, 6.45) is -2.63. The number of amides is 1. The lowest BCUT2D eigenvalue weighted by molar-refractivity contribution is -0.143. The zero-order valence-corrected chi connectivity index (χ0v) is 21.5. The molecule has 202 valence electrons. The first-order valence-corrected chi connectivity index (χ1v) is 12.4. The molecule has 0 aromatic heterocycles. The number of amidine groups is 1. The van der Waals surface area contributed by atoms with Crippen LogP contribution in [-0.4, -0.2) is 36.1 Å². The van der Waals surface area contributed by atoms with E-state index in [1.807, 2.05) is 36.2 Å². The van der Waals surface area contributed by atoms with E-state index in [9.17, 15) is 31.1 Å². The van der Waals surface area contributed by atoms with Crippen molar-refractivity contribution in [2.45, 2.75) is 32.1 Å². The van der Waals surface area contributed by atoms with Crippen LogP contribution < -0.4 is 10.6 Å². The summed E-state index contributed by atoms with van der Waals surface area (Å²) in [6.45, 7) is 6.73. The molecule has 4 rings (SSSR count). The van der Waals surface area contributed by atoms with Crippen molar-refractivity contribution in [3.05, 3.63) is 86.8 Å². The highest BCUT2D eigenvalue weighted by Gasteiger charge is 2.37. The first-order chi connectivity index (χ1) is 17.8. The Labute approximate surface area is 220 Å². The summed E-state index contributed by atoms with van der Waals surface area (Å²) in [4.78, 5) is 23.1. The van der Waals surface area contributed by atoms with Crippen molar-refractivity contribution < 1.29 is 31.1 Å². The van der Waals surface area contributed by atoms with Crippen LogP contribution in [0.4, 0.5) is 31.1 Å². The van der Waals surface area contributed by atoms with Gasteiger partial charge in [0, 0.05) is 13.6 Å². The standard InChI is InChI=1S/C17H17N3OS.C10H8F6/c1-3-4-9-20(2)16-15(22-17(21)19-16)11-12-5-6-14-13(10-12)7-8-18-14;1-2-6-3-4-7(9(11,12)13)5-8(6)10(14,15)16/h3,5-7,10-11H,1,4,8-9H2,2H3;3-5H,2H2,1H3/b15-11-;. The van der Waals surface area contributed by atoms with Gasteiger partial charge in [0.15, 0.2) is 0 Å². The second kappa shape index (κ2) is 12.0. The lowest BCUT2D eigenvalue weighted by atomic mass is 10.0. The molecule has 2 aromatic rings. The number of likely N-dealkylation sites (N-methyl/N-ethyl adjacent to an activating group) is 1. The molecule has 0 atom stereocenters. The third-order valence-electron chi connectivity index (χ3n) is 5.69. The summed E-state index contributed by atoms with van der Waals surface area (Å²) < 4.78 is 74.0. The van der Waals surface area contributed by atoms with E-state index in [-0.39, 0.29) is 23.3 Å². The maximum atomic E-state index is 12.4. The monoisotopic (exact) mass is 553 g/mol. The van der Waals surface area contributed by atoms with Crippen LogP contribution in [0.3, 0.4) is 0 Å². The van der Waals surface area contributed by atoms with Crippen molar-refractivity contribution >= 4 is 35.0 Å². The quantitative estimate of drug-likeness (QED) is 0.314. The number of carbonyl (C=O) groups excluding carboxylic acids is 1. The zero-order valence-electron chi connectivity index (χ0n) is 20.7. The largest absolute Gasteiger partial charge is 0.416 e. The second-order valence-corrected chi connectivity index (χ2v) is 9.39. The molecule has 0 N–H and O–H groups in total. The molecule has 0 aliphatic carbocycles. The fourth-order valence-corrected chi connectivity index (χ4v) is 4.56. The van der Waals surface area contributed by atoms with Crippen LogP contribution in [0, 0.1) is 0 Å². The minimum absolute atomic E-state index is 0.0347. The topological polar surface area (TPSA) is 45.0 Å². The van der Waals surface area contributed by atoms with Gasteiger partial charge in [0.2, 0.25) is 0 Å². The number of halogens is 6. The van der Waals surface area contributed by atoms with E-state index < -0.39 is 23.5 Å².